The summed E-state index contributed by atoms with van der Waals surface area (Å²) in [7, 11) is 0. The minimum Gasteiger partial charge on any atom is -0.317 e. The van der Waals surface area contributed by atoms with Crippen LogP contribution in [0.25, 0.3) is 15.8 Å². The third kappa shape index (κ3) is 3.33. The number of hydrogen-bond donors (Lipinski definition) is 0. The molecule has 0 bridgehead atoms. The van der Waals surface area contributed by atoms with Crippen LogP contribution in [0.4, 0.5) is 5.69 Å². The molecule has 2 aromatic carbocycles. The first-order chi connectivity index (χ1) is 13.5. The van der Waals surface area contributed by atoms with E-state index < -0.39 is 0 Å². The summed E-state index contributed by atoms with van der Waals surface area (Å²) in [5.41, 5.74) is 5.11. The zero-order chi connectivity index (χ0) is 19.8. The summed E-state index contributed by atoms with van der Waals surface area (Å²) in [4.78, 5) is 6.69. The Balaban J connectivity index is 1.81. The van der Waals surface area contributed by atoms with Gasteiger partial charge < -0.3 is 4.90 Å². The van der Waals surface area contributed by atoms with Crippen molar-refractivity contribution in [3.8, 4) is 6.07 Å². The molecule has 0 amide bonds. The van der Waals surface area contributed by atoms with Gasteiger partial charge in [0.1, 0.15) is 11.1 Å². The minimum absolute atomic E-state index is 0.571. The maximum atomic E-state index is 9.84. The van der Waals surface area contributed by atoms with Crippen molar-refractivity contribution in [2.24, 2.45) is 0 Å². The Hall–Kier alpha value is -2.58. The van der Waals surface area contributed by atoms with Gasteiger partial charge in [0.25, 0.3) is 0 Å². The number of para-hydroxylation sites is 1. The van der Waals surface area contributed by atoms with E-state index in [-0.39, 0.29) is 0 Å². The first-order valence-electron chi connectivity index (χ1n) is 8.60. The van der Waals surface area contributed by atoms with Crippen molar-refractivity contribution in [2.75, 3.05) is 4.90 Å². The zero-order valence-corrected chi connectivity index (χ0v) is 17.5. The molecule has 28 heavy (non-hydrogen) atoms. The number of fused-ring (bicyclic) bond motifs is 1. The van der Waals surface area contributed by atoms with E-state index in [9.17, 15) is 5.26 Å². The summed E-state index contributed by atoms with van der Waals surface area (Å²) in [6.07, 6.45) is 3.98. The zero-order valence-electron chi connectivity index (χ0n) is 15.2. The van der Waals surface area contributed by atoms with Gasteiger partial charge in [-0.15, -0.1) is 11.3 Å². The maximum Gasteiger partial charge on any atom is 0.135 e. The minimum atomic E-state index is 0.571. The lowest BCUT2D eigenvalue weighted by Gasteiger charge is -2.30. The fourth-order valence-electron chi connectivity index (χ4n) is 3.30. The van der Waals surface area contributed by atoms with Crippen molar-refractivity contribution in [3.63, 3.8) is 0 Å². The highest BCUT2D eigenvalue weighted by Gasteiger charge is 2.21. The van der Waals surface area contributed by atoms with Gasteiger partial charge in [0.2, 0.25) is 0 Å². The lowest BCUT2D eigenvalue weighted by molar-refractivity contribution is 1.04. The largest absolute Gasteiger partial charge is 0.317 e. The number of halogens is 2. The third-order valence-electron chi connectivity index (χ3n) is 4.49. The van der Waals surface area contributed by atoms with Crippen molar-refractivity contribution < 1.29 is 0 Å². The standard InChI is InChI=1S/C22H15Cl2N3S/c1-13-9-15(10-14(2)27(13)20-8-7-16(23)11-18(20)24)17(12-25)22-26-19-5-3-4-6-21(19)28-22/h3-11H,1-2H3. The van der Waals surface area contributed by atoms with Crippen molar-refractivity contribution in [1.29, 1.82) is 5.26 Å². The topological polar surface area (TPSA) is 39.9 Å². The number of nitrogens with zero attached hydrogens (tertiary/aromatic N) is 3. The van der Waals surface area contributed by atoms with Gasteiger partial charge in [-0.05, 0) is 61.9 Å². The number of nitriles is 1. The molecule has 0 N–H and O–H groups in total. The molecule has 0 atom stereocenters. The predicted octanol–water partition coefficient (Wildman–Crippen LogP) is 7.21. The molecule has 0 saturated carbocycles. The number of thiazole rings is 1. The fraction of sp³-hybridized carbons (Fsp3) is 0.0909. The number of anilines is 1. The van der Waals surface area contributed by atoms with Crippen molar-refractivity contribution >= 4 is 56.0 Å². The second-order valence-corrected chi connectivity index (χ2v) is 8.31. The van der Waals surface area contributed by atoms with E-state index in [1.165, 1.54) is 11.3 Å². The Morgan fingerprint density at radius 1 is 1.07 bits per heavy atom. The second-order valence-electron chi connectivity index (χ2n) is 6.43. The van der Waals surface area contributed by atoms with E-state index in [4.69, 9.17) is 23.2 Å². The summed E-state index contributed by atoms with van der Waals surface area (Å²) in [5.74, 6) is 0. The molecule has 3 aromatic rings. The lowest BCUT2D eigenvalue weighted by atomic mass is 10.0. The molecular weight excluding hydrogens is 409 g/mol. The smallest absolute Gasteiger partial charge is 0.135 e. The molecule has 0 aliphatic carbocycles. The van der Waals surface area contributed by atoms with E-state index in [1.807, 2.05) is 62.4 Å². The maximum absolute atomic E-state index is 9.84. The van der Waals surface area contributed by atoms with Crippen LogP contribution in [0.5, 0.6) is 0 Å². The Kier molecular flexibility index (Phi) is 4.99. The number of hydrogen-bond acceptors (Lipinski definition) is 4. The second kappa shape index (κ2) is 7.44. The first-order valence-corrected chi connectivity index (χ1v) is 10.2. The average Bonchev–Trinajstić information content (AvgIpc) is 3.07. The molecule has 138 valence electrons. The molecule has 1 aliphatic rings. The molecule has 6 heteroatoms. The molecule has 0 saturated heterocycles. The van der Waals surface area contributed by atoms with Crippen molar-refractivity contribution in [2.45, 2.75) is 13.8 Å². The van der Waals surface area contributed by atoms with Gasteiger partial charge in [-0.25, -0.2) is 4.98 Å². The number of allylic oxidation sites excluding steroid dienone is 6. The van der Waals surface area contributed by atoms with Crippen LogP contribution in [-0.2, 0) is 0 Å². The highest BCUT2D eigenvalue weighted by atomic mass is 35.5. The summed E-state index contributed by atoms with van der Waals surface area (Å²) in [6, 6.07) is 15.7. The average molecular weight is 424 g/mol. The van der Waals surface area contributed by atoms with Crippen molar-refractivity contribution in [1.82, 2.24) is 4.98 Å². The van der Waals surface area contributed by atoms with Crippen LogP contribution in [-0.4, -0.2) is 4.98 Å². The predicted molar refractivity (Wildman–Crippen MR) is 119 cm³/mol. The van der Waals surface area contributed by atoms with Crippen LogP contribution in [0.2, 0.25) is 10.0 Å². The summed E-state index contributed by atoms with van der Waals surface area (Å²) in [5, 5.41) is 11.7. The lowest BCUT2D eigenvalue weighted by Crippen LogP contribution is -2.22. The molecule has 3 nitrogen and oxygen atoms in total. The first kappa shape index (κ1) is 18.8. The van der Waals surface area contributed by atoms with Crippen LogP contribution in [0.3, 0.4) is 0 Å². The third-order valence-corrected chi connectivity index (χ3v) is 6.08. The van der Waals surface area contributed by atoms with Crippen LogP contribution < -0.4 is 4.90 Å². The van der Waals surface area contributed by atoms with Crippen LogP contribution >= 0.6 is 34.5 Å². The van der Waals surface area contributed by atoms with Gasteiger partial charge >= 0.3 is 0 Å². The Labute approximate surface area is 177 Å². The molecule has 0 spiro atoms. The van der Waals surface area contributed by atoms with E-state index in [0.29, 0.717) is 15.6 Å². The summed E-state index contributed by atoms with van der Waals surface area (Å²) >= 11 is 14.0. The van der Waals surface area contributed by atoms with Crippen LogP contribution in [0.1, 0.15) is 18.9 Å². The normalized spacial score (nSPS) is 14.0. The Bertz CT molecular complexity index is 1170. The number of benzene rings is 2. The highest BCUT2D eigenvalue weighted by Crippen LogP contribution is 2.38. The molecule has 1 aromatic heterocycles. The Morgan fingerprint density at radius 3 is 2.43 bits per heavy atom. The van der Waals surface area contributed by atoms with E-state index >= 15 is 0 Å². The molecule has 1 aliphatic heterocycles. The summed E-state index contributed by atoms with van der Waals surface area (Å²) in [6.45, 7) is 3.99. The molecule has 2 heterocycles. The van der Waals surface area contributed by atoms with Crippen LogP contribution in [0.15, 0.2) is 71.6 Å². The molecule has 0 fully saturated rings. The van der Waals surface area contributed by atoms with Gasteiger partial charge in [0, 0.05) is 16.4 Å². The quantitative estimate of drug-likeness (QED) is 0.408. The van der Waals surface area contributed by atoms with Crippen LogP contribution in [0, 0.1) is 11.3 Å². The van der Waals surface area contributed by atoms with Gasteiger partial charge in [-0.1, -0.05) is 35.3 Å². The van der Waals surface area contributed by atoms with E-state index in [1.54, 1.807) is 6.07 Å². The number of aromatic nitrogens is 1. The van der Waals surface area contributed by atoms with E-state index in [2.05, 4.69) is 16.0 Å². The fourth-order valence-corrected chi connectivity index (χ4v) is 4.78. The molecular formula is C22H15Cl2N3S. The monoisotopic (exact) mass is 423 g/mol. The number of rotatable bonds is 2. The highest BCUT2D eigenvalue weighted by molar-refractivity contribution is 7.19. The molecule has 0 radical (unpaired) electrons. The van der Waals surface area contributed by atoms with Gasteiger partial charge in [0.05, 0.1) is 26.5 Å². The Morgan fingerprint density at radius 2 is 1.79 bits per heavy atom. The van der Waals surface area contributed by atoms with Crippen molar-refractivity contribution in [3.05, 3.63) is 86.6 Å². The van der Waals surface area contributed by atoms with E-state index in [0.717, 1.165) is 37.9 Å². The molecule has 0 unspecified atom stereocenters. The van der Waals surface area contributed by atoms with Gasteiger partial charge in [-0.2, -0.15) is 5.26 Å². The SMILES string of the molecule is CC1=CC(=C(C#N)c2nc3ccccc3s2)C=C(C)N1c1ccc(Cl)cc1Cl. The van der Waals surface area contributed by atoms with Gasteiger partial charge in [0.15, 0.2) is 0 Å². The van der Waals surface area contributed by atoms with Gasteiger partial charge in [-0.3, -0.25) is 0 Å². The summed E-state index contributed by atoms with van der Waals surface area (Å²) < 4.78 is 1.07. The molecule has 4 rings (SSSR count).